The first kappa shape index (κ1) is 8.47. The van der Waals surface area contributed by atoms with Gasteiger partial charge in [-0.15, -0.1) is 0 Å². The van der Waals surface area contributed by atoms with E-state index in [4.69, 9.17) is 5.11 Å². The van der Waals surface area contributed by atoms with Gasteiger partial charge < -0.3 is 5.11 Å². The number of aliphatic hydroxyl groups excluding tert-OH is 1. The summed E-state index contributed by atoms with van der Waals surface area (Å²) in [5.41, 5.74) is 1.08. The average molecular weight is 196 g/mol. The summed E-state index contributed by atoms with van der Waals surface area (Å²) in [6, 6.07) is 6.67. The Morgan fingerprint density at radius 2 is 1.92 bits per heavy atom. The summed E-state index contributed by atoms with van der Waals surface area (Å²) >= 11 is 0. The van der Waals surface area contributed by atoms with Crippen LogP contribution in [0.3, 0.4) is 0 Å². The minimum absolute atomic E-state index is 0.240. The van der Waals surface area contributed by atoms with Crippen LogP contribution in [0.4, 0.5) is 0 Å². The van der Waals surface area contributed by atoms with Crippen molar-refractivity contribution in [3.8, 4) is 0 Å². The van der Waals surface area contributed by atoms with Crippen molar-refractivity contribution in [3.63, 3.8) is 0 Å². The maximum absolute atomic E-state index is 11.4. The summed E-state index contributed by atoms with van der Waals surface area (Å²) in [6.45, 7) is -0.240. The number of hydrogen-bond donors (Lipinski definition) is 1. The number of benzene rings is 1. The van der Waals surface area contributed by atoms with E-state index in [0.29, 0.717) is 16.0 Å². The molecule has 2 rings (SSSR count). The van der Waals surface area contributed by atoms with Gasteiger partial charge in [0, 0.05) is 5.41 Å². The van der Waals surface area contributed by atoms with E-state index in [1.807, 2.05) is 0 Å². The van der Waals surface area contributed by atoms with Gasteiger partial charge in [0.15, 0.2) is 0 Å². The number of fused-ring (bicyclic) bond motifs is 1. The van der Waals surface area contributed by atoms with Gasteiger partial charge in [-0.05, 0) is 17.2 Å². The van der Waals surface area contributed by atoms with Crippen LogP contribution in [0.2, 0.25) is 0 Å². The molecule has 0 radical (unpaired) electrons. The Bertz CT molecular complexity index is 471. The molecule has 68 valence electrons. The Morgan fingerprint density at radius 3 is 2.62 bits per heavy atom. The predicted molar refractivity (Wildman–Crippen MR) is 48.7 cm³/mol. The van der Waals surface area contributed by atoms with Gasteiger partial charge in [-0.1, -0.05) is 18.2 Å². The fourth-order valence-corrected chi connectivity index (χ4v) is 2.89. The molecule has 0 aliphatic carbocycles. The van der Waals surface area contributed by atoms with Crippen molar-refractivity contribution in [1.82, 2.24) is 0 Å². The Kier molecular flexibility index (Phi) is 1.75. The first-order valence-electron chi connectivity index (χ1n) is 3.81. The lowest BCUT2D eigenvalue weighted by molar-refractivity contribution is 0.350. The number of aliphatic hydroxyl groups is 1. The molecule has 1 aromatic rings. The lowest BCUT2D eigenvalue weighted by Crippen LogP contribution is -1.92. The van der Waals surface area contributed by atoms with Crippen molar-refractivity contribution in [1.29, 1.82) is 0 Å². The highest BCUT2D eigenvalue weighted by atomic mass is 32.2. The lowest BCUT2D eigenvalue weighted by Gasteiger charge is -1.98. The summed E-state index contributed by atoms with van der Waals surface area (Å²) in [5.74, 6) is 0. The van der Waals surface area contributed by atoms with Crippen LogP contribution < -0.4 is 0 Å². The second-order valence-corrected chi connectivity index (χ2v) is 4.61. The van der Waals surface area contributed by atoms with Gasteiger partial charge in [0.2, 0.25) is 9.84 Å². The van der Waals surface area contributed by atoms with Gasteiger partial charge in [-0.25, -0.2) is 8.42 Å². The summed E-state index contributed by atoms with van der Waals surface area (Å²) in [5, 5.41) is 10.0. The van der Waals surface area contributed by atoms with E-state index < -0.39 is 9.84 Å². The van der Waals surface area contributed by atoms with Crippen LogP contribution in [0.15, 0.2) is 34.6 Å². The zero-order chi connectivity index (χ0) is 9.47. The van der Waals surface area contributed by atoms with Crippen LogP contribution in [0.1, 0.15) is 5.56 Å². The zero-order valence-corrected chi connectivity index (χ0v) is 7.58. The number of sulfone groups is 1. The van der Waals surface area contributed by atoms with E-state index >= 15 is 0 Å². The van der Waals surface area contributed by atoms with Crippen LogP contribution >= 0.6 is 0 Å². The maximum atomic E-state index is 11.4. The van der Waals surface area contributed by atoms with Crippen LogP contribution in [0.25, 0.3) is 5.57 Å². The molecule has 0 spiro atoms. The third kappa shape index (κ3) is 1.18. The highest BCUT2D eigenvalue weighted by Crippen LogP contribution is 2.32. The quantitative estimate of drug-likeness (QED) is 0.723. The van der Waals surface area contributed by atoms with E-state index in [2.05, 4.69) is 0 Å². The Morgan fingerprint density at radius 1 is 1.23 bits per heavy atom. The molecule has 0 saturated carbocycles. The SMILES string of the molecule is O=S1(=O)C=C(CO)c2ccccc21. The van der Waals surface area contributed by atoms with Gasteiger partial charge >= 0.3 is 0 Å². The standard InChI is InChI=1S/C9H8O3S/c10-5-7-6-13(11,12)9-4-2-1-3-8(7)9/h1-4,6,10H,5H2. The molecule has 1 aliphatic heterocycles. The van der Waals surface area contributed by atoms with Crippen molar-refractivity contribution in [2.24, 2.45) is 0 Å². The summed E-state index contributed by atoms with van der Waals surface area (Å²) in [7, 11) is -3.29. The molecule has 4 heteroatoms. The van der Waals surface area contributed by atoms with Crippen LogP contribution in [0.5, 0.6) is 0 Å². The molecule has 0 unspecified atom stereocenters. The van der Waals surface area contributed by atoms with Crippen LogP contribution in [-0.4, -0.2) is 20.1 Å². The third-order valence-corrected chi connectivity index (χ3v) is 3.57. The molecule has 1 aliphatic rings. The second-order valence-electron chi connectivity index (χ2n) is 2.84. The summed E-state index contributed by atoms with van der Waals surface area (Å²) < 4.78 is 22.9. The maximum Gasteiger partial charge on any atom is 0.200 e. The molecular weight excluding hydrogens is 188 g/mol. The van der Waals surface area contributed by atoms with E-state index in [-0.39, 0.29) is 6.61 Å². The van der Waals surface area contributed by atoms with Crippen molar-refractivity contribution in [2.45, 2.75) is 4.90 Å². The van der Waals surface area contributed by atoms with E-state index in [9.17, 15) is 8.42 Å². The summed E-state index contributed by atoms with van der Waals surface area (Å²) in [6.07, 6.45) is 0. The second kappa shape index (κ2) is 2.68. The molecule has 13 heavy (non-hydrogen) atoms. The van der Waals surface area contributed by atoms with Crippen LogP contribution in [0, 0.1) is 0 Å². The predicted octanol–water partition coefficient (Wildman–Crippen LogP) is 0.807. The largest absolute Gasteiger partial charge is 0.392 e. The molecule has 0 saturated heterocycles. The molecule has 0 aromatic heterocycles. The van der Waals surface area contributed by atoms with E-state index in [1.54, 1.807) is 24.3 Å². The molecule has 0 bridgehead atoms. The fraction of sp³-hybridized carbons (Fsp3) is 0.111. The lowest BCUT2D eigenvalue weighted by atomic mass is 10.1. The van der Waals surface area contributed by atoms with E-state index in [1.165, 1.54) is 0 Å². The Labute approximate surface area is 76.3 Å². The Hall–Kier alpha value is -1.13. The average Bonchev–Trinajstić information content (AvgIpc) is 2.39. The van der Waals surface area contributed by atoms with Gasteiger partial charge in [-0.2, -0.15) is 0 Å². The number of rotatable bonds is 1. The molecule has 1 N–H and O–H groups in total. The normalized spacial score (nSPS) is 18.1. The topological polar surface area (TPSA) is 54.4 Å². The zero-order valence-electron chi connectivity index (χ0n) is 6.77. The van der Waals surface area contributed by atoms with Crippen molar-refractivity contribution >= 4 is 15.4 Å². The molecule has 0 amide bonds. The summed E-state index contributed by atoms with van der Waals surface area (Å²) in [4.78, 5) is 0.291. The Balaban J connectivity index is 2.76. The monoisotopic (exact) mass is 196 g/mol. The van der Waals surface area contributed by atoms with E-state index in [0.717, 1.165) is 5.41 Å². The van der Waals surface area contributed by atoms with Gasteiger partial charge in [0.1, 0.15) is 0 Å². The highest BCUT2D eigenvalue weighted by molar-refractivity contribution is 7.95. The third-order valence-electron chi connectivity index (χ3n) is 2.01. The molecule has 1 heterocycles. The molecule has 0 atom stereocenters. The fourth-order valence-electron chi connectivity index (χ4n) is 1.42. The smallest absolute Gasteiger partial charge is 0.200 e. The van der Waals surface area contributed by atoms with Crippen molar-refractivity contribution < 1.29 is 13.5 Å². The highest BCUT2D eigenvalue weighted by Gasteiger charge is 2.25. The van der Waals surface area contributed by atoms with Gasteiger partial charge in [0.25, 0.3) is 0 Å². The van der Waals surface area contributed by atoms with Crippen molar-refractivity contribution in [3.05, 3.63) is 35.2 Å². The molecular formula is C9H8O3S. The first-order chi connectivity index (χ1) is 6.15. The molecule has 1 aromatic carbocycles. The van der Waals surface area contributed by atoms with Gasteiger partial charge in [0.05, 0.1) is 11.5 Å². The minimum Gasteiger partial charge on any atom is -0.392 e. The van der Waals surface area contributed by atoms with Gasteiger partial charge in [-0.3, -0.25) is 0 Å². The first-order valence-corrected chi connectivity index (χ1v) is 5.36. The number of hydrogen-bond acceptors (Lipinski definition) is 3. The molecule has 3 nitrogen and oxygen atoms in total. The molecule has 0 fully saturated rings. The van der Waals surface area contributed by atoms with Crippen LogP contribution in [-0.2, 0) is 9.84 Å². The minimum atomic E-state index is -3.29. The van der Waals surface area contributed by atoms with Crippen molar-refractivity contribution in [2.75, 3.05) is 6.61 Å².